The van der Waals surface area contributed by atoms with E-state index >= 15 is 0 Å². The Morgan fingerprint density at radius 1 is 1.29 bits per heavy atom. The number of halogens is 1. The molecule has 0 saturated heterocycles. The molecule has 4 nitrogen and oxygen atoms in total. The highest BCUT2D eigenvalue weighted by atomic mass is 35.5. The lowest BCUT2D eigenvalue weighted by Gasteiger charge is -1.99. The number of fused-ring (bicyclic) bond motifs is 1. The molecule has 1 aromatic carbocycles. The molecule has 2 aromatic rings. The smallest absolute Gasteiger partial charge is 0.289 e. The molecule has 0 unspecified atom stereocenters. The maximum Gasteiger partial charge on any atom is 0.289 e. The molecule has 0 radical (unpaired) electrons. The number of anilines is 2. The first-order valence-electron chi connectivity index (χ1n) is 3.98. The summed E-state index contributed by atoms with van der Waals surface area (Å²) in [4.78, 5) is 4.03. The first kappa shape index (κ1) is 10.5. The van der Waals surface area contributed by atoms with Gasteiger partial charge in [0.1, 0.15) is 5.52 Å². The lowest BCUT2D eigenvalue weighted by Crippen LogP contribution is -3.00. The van der Waals surface area contributed by atoms with Crippen molar-refractivity contribution >= 4 is 22.4 Å². The molecule has 1 aromatic heterocycles. The first-order chi connectivity index (χ1) is 6.18. The molecule has 0 atom stereocenters. The second kappa shape index (κ2) is 3.67. The highest BCUT2D eigenvalue weighted by Crippen LogP contribution is 2.17. The third-order valence-electron chi connectivity index (χ3n) is 2.05. The first-order valence-corrected chi connectivity index (χ1v) is 3.98. The standard InChI is InChI=1S/C9H10N4.ClH/c1-13-5-12-9(11)7-4-6(10)2-3-8(7)13;/h2-5,11H,10H2,1H3;1H. The van der Waals surface area contributed by atoms with Gasteiger partial charge < -0.3 is 23.9 Å². The number of benzene rings is 1. The van der Waals surface area contributed by atoms with Gasteiger partial charge in [0, 0.05) is 5.69 Å². The van der Waals surface area contributed by atoms with Crippen LogP contribution in [0.15, 0.2) is 24.5 Å². The van der Waals surface area contributed by atoms with E-state index in [4.69, 9.17) is 11.5 Å². The topological polar surface area (TPSA) is 68.8 Å². The van der Waals surface area contributed by atoms with Gasteiger partial charge in [0.05, 0.1) is 12.4 Å². The quantitative estimate of drug-likeness (QED) is 0.365. The molecule has 0 bridgehead atoms. The zero-order valence-electron chi connectivity index (χ0n) is 7.74. The summed E-state index contributed by atoms with van der Waals surface area (Å²) in [7, 11) is 1.92. The fourth-order valence-electron chi connectivity index (χ4n) is 1.35. The van der Waals surface area contributed by atoms with Crippen LogP contribution >= 0.6 is 0 Å². The Bertz CT molecular complexity index is 470. The van der Waals surface area contributed by atoms with E-state index in [-0.39, 0.29) is 12.4 Å². The van der Waals surface area contributed by atoms with Gasteiger partial charge in [-0.25, -0.2) is 4.57 Å². The summed E-state index contributed by atoms with van der Waals surface area (Å²) in [6, 6.07) is 5.61. The fraction of sp³-hybridized carbons (Fsp3) is 0.111. The van der Waals surface area contributed by atoms with Crippen LogP contribution in [0, 0.1) is 0 Å². The largest absolute Gasteiger partial charge is 1.00 e. The Kier molecular flexibility index (Phi) is 2.76. The summed E-state index contributed by atoms with van der Waals surface area (Å²) < 4.78 is 1.91. The minimum atomic E-state index is 0. The van der Waals surface area contributed by atoms with Crippen molar-refractivity contribution < 1.29 is 17.0 Å². The van der Waals surface area contributed by atoms with Gasteiger partial charge in [0.15, 0.2) is 0 Å². The van der Waals surface area contributed by atoms with Gasteiger partial charge in [-0.1, -0.05) is 0 Å². The van der Waals surface area contributed by atoms with Crippen molar-refractivity contribution in [1.29, 1.82) is 0 Å². The van der Waals surface area contributed by atoms with Gasteiger partial charge in [0.2, 0.25) is 5.82 Å². The van der Waals surface area contributed by atoms with Gasteiger partial charge in [-0.3, -0.25) is 0 Å². The molecule has 0 aliphatic rings. The van der Waals surface area contributed by atoms with Gasteiger partial charge in [-0.2, -0.15) is 0 Å². The van der Waals surface area contributed by atoms with E-state index in [1.807, 2.05) is 29.8 Å². The lowest BCUT2D eigenvalue weighted by molar-refractivity contribution is -0.647. The highest BCUT2D eigenvalue weighted by Gasteiger charge is 2.08. The van der Waals surface area contributed by atoms with Crippen LogP contribution in [0.4, 0.5) is 11.5 Å². The van der Waals surface area contributed by atoms with E-state index in [0.29, 0.717) is 11.5 Å². The molecule has 0 fully saturated rings. The molecule has 1 heterocycles. The molecule has 14 heavy (non-hydrogen) atoms. The number of aryl methyl sites for hydroxylation is 1. The molecule has 4 N–H and O–H groups in total. The molecule has 0 amide bonds. The molecule has 2 rings (SSSR count). The van der Waals surface area contributed by atoms with Crippen molar-refractivity contribution in [3.63, 3.8) is 0 Å². The normalized spacial score (nSPS) is 9.79. The number of aromatic nitrogens is 2. The predicted molar refractivity (Wildman–Crippen MR) is 51.7 cm³/mol. The molecule has 0 spiro atoms. The average molecular weight is 211 g/mol. The van der Waals surface area contributed by atoms with E-state index in [1.54, 1.807) is 6.33 Å². The summed E-state index contributed by atoms with van der Waals surface area (Å²) in [5, 5.41) is 0.894. The van der Waals surface area contributed by atoms with Crippen LogP contribution in [0.1, 0.15) is 0 Å². The molecule has 0 aliphatic heterocycles. The third-order valence-corrected chi connectivity index (χ3v) is 2.05. The van der Waals surface area contributed by atoms with Gasteiger partial charge in [0.25, 0.3) is 6.33 Å². The van der Waals surface area contributed by atoms with Crippen LogP contribution in [-0.2, 0) is 7.05 Å². The monoisotopic (exact) mass is 210 g/mol. The average Bonchev–Trinajstić information content (AvgIpc) is 2.12. The van der Waals surface area contributed by atoms with Crippen molar-refractivity contribution in [2.24, 2.45) is 7.05 Å². The molecular formula is C9H11ClN4. The van der Waals surface area contributed by atoms with Crippen LogP contribution in [0.25, 0.3) is 10.9 Å². The van der Waals surface area contributed by atoms with Crippen molar-refractivity contribution in [2.45, 2.75) is 0 Å². The van der Waals surface area contributed by atoms with Crippen molar-refractivity contribution in [3.8, 4) is 0 Å². The number of hydrogen-bond donors (Lipinski definition) is 2. The van der Waals surface area contributed by atoms with Crippen molar-refractivity contribution in [1.82, 2.24) is 4.98 Å². The minimum Gasteiger partial charge on any atom is -1.00 e. The molecule has 5 heteroatoms. The number of nitrogens with two attached hydrogens (primary N) is 2. The Labute approximate surface area is 88.0 Å². The number of nitrogen functional groups attached to an aromatic ring is 2. The second-order valence-corrected chi connectivity index (χ2v) is 3.02. The fourth-order valence-corrected chi connectivity index (χ4v) is 1.35. The van der Waals surface area contributed by atoms with Gasteiger partial charge >= 0.3 is 0 Å². The lowest BCUT2D eigenvalue weighted by atomic mass is 10.2. The summed E-state index contributed by atoms with van der Waals surface area (Å²) in [5.41, 5.74) is 13.1. The van der Waals surface area contributed by atoms with E-state index in [1.165, 1.54) is 0 Å². The maximum atomic E-state index is 5.71. The molecular weight excluding hydrogens is 200 g/mol. The Balaban J connectivity index is 0.000000980. The Hall–Kier alpha value is -1.55. The predicted octanol–water partition coefficient (Wildman–Crippen LogP) is -2.77. The minimum absolute atomic E-state index is 0. The van der Waals surface area contributed by atoms with Crippen molar-refractivity contribution in [3.05, 3.63) is 24.5 Å². The molecule has 0 saturated carbocycles. The van der Waals surface area contributed by atoms with Crippen LogP contribution in [0.3, 0.4) is 0 Å². The Morgan fingerprint density at radius 2 is 2.00 bits per heavy atom. The van der Waals surface area contributed by atoms with E-state index in [2.05, 4.69) is 4.98 Å². The SMILES string of the molecule is C[n+]1cnc(N)c2cc(N)ccc21.[Cl-]. The van der Waals surface area contributed by atoms with Crippen LogP contribution < -0.4 is 28.4 Å². The van der Waals surface area contributed by atoms with Crippen molar-refractivity contribution in [2.75, 3.05) is 11.5 Å². The summed E-state index contributed by atoms with van der Waals surface area (Å²) in [5.74, 6) is 0.514. The Morgan fingerprint density at radius 3 is 2.71 bits per heavy atom. The molecule has 0 aliphatic carbocycles. The summed E-state index contributed by atoms with van der Waals surface area (Å²) in [6.07, 6.45) is 1.69. The highest BCUT2D eigenvalue weighted by molar-refractivity contribution is 5.88. The van der Waals surface area contributed by atoms with Crippen LogP contribution in [-0.4, -0.2) is 4.98 Å². The van der Waals surface area contributed by atoms with E-state index < -0.39 is 0 Å². The third kappa shape index (κ3) is 1.56. The second-order valence-electron chi connectivity index (χ2n) is 3.02. The number of hydrogen-bond acceptors (Lipinski definition) is 3. The summed E-state index contributed by atoms with van der Waals surface area (Å²) >= 11 is 0. The van der Waals surface area contributed by atoms with Gasteiger partial charge in [-0.05, 0) is 23.2 Å². The van der Waals surface area contributed by atoms with E-state index in [0.717, 1.165) is 10.9 Å². The number of nitrogens with zero attached hydrogens (tertiary/aromatic N) is 2. The van der Waals surface area contributed by atoms with Gasteiger partial charge in [-0.15, -0.1) is 0 Å². The van der Waals surface area contributed by atoms with Crippen LogP contribution in [0.5, 0.6) is 0 Å². The zero-order chi connectivity index (χ0) is 9.42. The summed E-state index contributed by atoms with van der Waals surface area (Å²) in [6.45, 7) is 0. The maximum absolute atomic E-state index is 5.71. The molecule has 74 valence electrons. The van der Waals surface area contributed by atoms with E-state index in [9.17, 15) is 0 Å². The zero-order valence-corrected chi connectivity index (χ0v) is 8.49. The van der Waals surface area contributed by atoms with Crippen LogP contribution in [0.2, 0.25) is 0 Å². The number of rotatable bonds is 0.